The van der Waals surface area contributed by atoms with Crippen LogP contribution in [0.2, 0.25) is 0 Å². The smallest absolute Gasteiger partial charge is 0.306 e. The van der Waals surface area contributed by atoms with Gasteiger partial charge in [-0.1, -0.05) is 53.0 Å². The zero-order valence-corrected chi connectivity index (χ0v) is 23.0. The first-order chi connectivity index (χ1) is 16.6. The van der Waals surface area contributed by atoms with Gasteiger partial charge in [-0.2, -0.15) is 0 Å². The fraction of sp³-hybridized carbons (Fsp3) is 0.533. The molecule has 5 heteroatoms. The van der Waals surface area contributed by atoms with E-state index in [1.165, 1.54) is 12.8 Å². The first-order valence-corrected chi connectivity index (χ1v) is 13.8. The SMILES string of the molecule is Cc1c(NC(=O)C(c2ccc(Br)cc2)C2CCCC2)cccc1C(CC(=O)OC(C)(C)C)C1CC1. The van der Waals surface area contributed by atoms with Crippen molar-refractivity contribution in [2.75, 3.05) is 5.32 Å². The van der Waals surface area contributed by atoms with Gasteiger partial charge in [-0.25, -0.2) is 0 Å². The number of carbonyl (C=O) groups is 2. The molecule has 188 valence electrons. The summed E-state index contributed by atoms with van der Waals surface area (Å²) in [5.74, 6) is 0.745. The Morgan fingerprint density at radius 1 is 1.00 bits per heavy atom. The molecule has 35 heavy (non-hydrogen) atoms. The van der Waals surface area contributed by atoms with Crippen LogP contribution in [0.3, 0.4) is 0 Å². The highest BCUT2D eigenvalue weighted by molar-refractivity contribution is 9.10. The van der Waals surface area contributed by atoms with Gasteiger partial charge in [0.1, 0.15) is 5.60 Å². The Bertz CT molecular complexity index is 1050. The number of hydrogen-bond donors (Lipinski definition) is 1. The normalized spacial score (nSPS) is 18.2. The number of nitrogens with one attached hydrogen (secondary N) is 1. The molecule has 0 aromatic heterocycles. The number of carbonyl (C=O) groups excluding carboxylic acids is 2. The third-order valence-electron chi connectivity index (χ3n) is 7.41. The number of ether oxygens (including phenoxy) is 1. The van der Waals surface area contributed by atoms with Crippen LogP contribution in [0.15, 0.2) is 46.9 Å². The van der Waals surface area contributed by atoms with Crippen LogP contribution in [0.4, 0.5) is 5.69 Å². The Labute approximate surface area is 218 Å². The van der Waals surface area contributed by atoms with Crippen molar-refractivity contribution in [3.63, 3.8) is 0 Å². The van der Waals surface area contributed by atoms with Crippen molar-refractivity contribution >= 4 is 33.5 Å². The molecule has 2 saturated carbocycles. The Morgan fingerprint density at radius 2 is 1.66 bits per heavy atom. The highest BCUT2D eigenvalue weighted by atomic mass is 79.9. The lowest BCUT2D eigenvalue weighted by Gasteiger charge is -2.26. The van der Waals surface area contributed by atoms with Gasteiger partial charge >= 0.3 is 5.97 Å². The molecule has 2 aliphatic carbocycles. The molecule has 0 saturated heterocycles. The predicted octanol–water partition coefficient (Wildman–Crippen LogP) is 7.90. The number of halogens is 1. The molecule has 2 aromatic carbocycles. The van der Waals surface area contributed by atoms with Crippen molar-refractivity contribution in [2.24, 2.45) is 11.8 Å². The number of rotatable bonds is 8. The van der Waals surface area contributed by atoms with Crippen LogP contribution in [0.5, 0.6) is 0 Å². The highest BCUT2D eigenvalue weighted by Gasteiger charge is 2.36. The van der Waals surface area contributed by atoms with Gasteiger partial charge in [0.25, 0.3) is 0 Å². The molecule has 2 unspecified atom stereocenters. The third-order valence-corrected chi connectivity index (χ3v) is 7.94. The van der Waals surface area contributed by atoms with Gasteiger partial charge in [-0.05, 0) is 106 Å². The maximum Gasteiger partial charge on any atom is 0.306 e. The molecular weight excluding hydrogens is 502 g/mol. The van der Waals surface area contributed by atoms with Gasteiger partial charge in [-0.3, -0.25) is 9.59 Å². The maximum absolute atomic E-state index is 13.7. The molecule has 0 spiro atoms. The average Bonchev–Trinajstić information content (AvgIpc) is 3.49. The summed E-state index contributed by atoms with van der Waals surface area (Å²) in [5, 5.41) is 3.28. The van der Waals surface area contributed by atoms with E-state index in [4.69, 9.17) is 4.74 Å². The van der Waals surface area contributed by atoms with Crippen molar-refractivity contribution < 1.29 is 14.3 Å². The fourth-order valence-corrected chi connectivity index (χ4v) is 5.86. The highest BCUT2D eigenvalue weighted by Crippen LogP contribution is 2.46. The second kappa shape index (κ2) is 10.9. The van der Waals surface area contributed by atoms with Gasteiger partial charge in [-0.15, -0.1) is 0 Å². The Kier molecular flexibility index (Phi) is 8.05. The van der Waals surface area contributed by atoms with Crippen LogP contribution in [0.1, 0.15) is 94.2 Å². The summed E-state index contributed by atoms with van der Waals surface area (Å²) in [6, 6.07) is 14.3. The van der Waals surface area contributed by atoms with E-state index in [1.54, 1.807) is 0 Å². The van der Waals surface area contributed by atoms with E-state index in [-0.39, 0.29) is 23.7 Å². The molecule has 0 bridgehead atoms. The van der Waals surface area contributed by atoms with Crippen LogP contribution in [-0.2, 0) is 14.3 Å². The lowest BCUT2D eigenvalue weighted by atomic mass is 9.83. The molecule has 2 atom stereocenters. The Morgan fingerprint density at radius 3 is 2.26 bits per heavy atom. The minimum absolute atomic E-state index is 0.0644. The predicted molar refractivity (Wildman–Crippen MR) is 145 cm³/mol. The van der Waals surface area contributed by atoms with Crippen LogP contribution in [-0.4, -0.2) is 17.5 Å². The van der Waals surface area contributed by atoms with Gasteiger partial charge in [0.2, 0.25) is 5.91 Å². The largest absolute Gasteiger partial charge is 0.460 e. The summed E-state index contributed by atoms with van der Waals surface area (Å²) in [5.41, 5.74) is 3.65. The van der Waals surface area contributed by atoms with Crippen LogP contribution < -0.4 is 5.32 Å². The topological polar surface area (TPSA) is 55.4 Å². The number of anilines is 1. The number of amides is 1. The van der Waals surface area contributed by atoms with Crippen LogP contribution in [0.25, 0.3) is 0 Å². The summed E-state index contributed by atoms with van der Waals surface area (Å²) in [4.78, 5) is 26.4. The van der Waals surface area contributed by atoms with Crippen molar-refractivity contribution in [3.05, 3.63) is 63.6 Å². The van der Waals surface area contributed by atoms with E-state index >= 15 is 0 Å². The molecule has 2 fully saturated rings. The third kappa shape index (κ3) is 6.75. The molecule has 1 N–H and O–H groups in total. The quantitative estimate of drug-likeness (QED) is 0.347. The van der Waals surface area contributed by atoms with Gasteiger partial charge in [0.15, 0.2) is 0 Å². The van der Waals surface area contributed by atoms with Crippen LogP contribution >= 0.6 is 15.9 Å². The van der Waals surface area contributed by atoms with E-state index in [2.05, 4.69) is 46.4 Å². The molecule has 1 amide bonds. The summed E-state index contributed by atoms with van der Waals surface area (Å²) < 4.78 is 6.66. The molecule has 2 aromatic rings. The molecule has 2 aliphatic rings. The molecular formula is C30H38BrNO3. The summed E-state index contributed by atoms with van der Waals surface area (Å²) in [7, 11) is 0. The van der Waals surface area contributed by atoms with E-state index in [0.29, 0.717) is 18.3 Å². The number of esters is 1. The van der Waals surface area contributed by atoms with Gasteiger partial charge < -0.3 is 10.1 Å². The van der Waals surface area contributed by atoms with Crippen LogP contribution in [0, 0.1) is 18.8 Å². The molecule has 4 rings (SSSR count). The fourth-order valence-electron chi connectivity index (χ4n) is 5.59. The Balaban J connectivity index is 1.56. The first-order valence-electron chi connectivity index (χ1n) is 13.0. The molecule has 0 heterocycles. The maximum atomic E-state index is 13.7. The van der Waals surface area contributed by atoms with E-state index < -0.39 is 5.60 Å². The summed E-state index contributed by atoms with van der Waals surface area (Å²) in [6.07, 6.45) is 7.21. The van der Waals surface area contributed by atoms with Gasteiger partial charge in [0.05, 0.1) is 12.3 Å². The zero-order chi connectivity index (χ0) is 25.2. The number of benzene rings is 2. The van der Waals surface area contributed by atoms with E-state index in [1.807, 2.05) is 45.0 Å². The lowest BCUT2D eigenvalue weighted by Crippen LogP contribution is -2.27. The summed E-state index contributed by atoms with van der Waals surface area (Å²) in [6.45, 7) is 7.79. The zero-order valence-electron chi connectivity index (χ0n) is 21.4. The second-order valence-corrected chi connectivity index (χ2v) is 12.2. The standard InChI is InChI=1S/C30H38BrNO3/c1-19-24(25(20-12-13-20)18-27(33)35-30(2,3)4)10-7-11-26(19)32-29(34)28(21-8-5-6-9-21)22-14-16-23(31)17-15-22/h7,10-11,14-17,20-21,25,28H,5-6,8-9,12-13,18H2,1-4H3,(H,32,34). The molecule has 0 aliphatic heterocycles. The van der Waals surface area contributed by atoms with Crippen molar-refractivity contribution in [3.8, 4) is 0 Å². The average molecular weight is 541 g/mol. The molecule has 4 nitrogen and oxygen atoms in total. The van der Waals surface area contributed by atoms with Crippen molar-refractivity contribution in [1.29, 1.82) is 0 Å². The van der Waals surface area contributed by atoms with Crippen molar-refractivity contribution in [1.82, 2.24) is 0 Å². The minimum Gasteiger partial charge on any atom is -0.460 e. The monoisotopic (exact) mass is 539 g/mol. The van der Waals surface area contributed by atoms with Gasteiger partial charge in [0, 0.05) is 10.2 Å². The van der Waals surface area contributed by atoms with E-state index in [9.17, 15) is 9.59 Å². The second-order valence-electron chi connectivity index (χ2n) is 11.3. The molecule has 0 radical (unpaired) electrons. The number of hydrogen-bond acceptors (Lipinski definition) is 3. The Hall–Kier alpha value is -2.14. The summed E-state index contributed by atoms with van der Waals surface area (Å²) >= 11 is 3.52. The lowest BCUT2D eigenvalue weighted by molar-refractivity contribution is -0.155. The first kappa shape index (κ1) is 25.9. The van der Waals surface area contributed by atoms with Crippen molar-refractivity contribution in [2.45, 2.75) is 90.1 Å². The minimum atomic E-state index is -0.488. The van der Waals surface area contributed by atoms with E-state index in [0.717, 1.165) is 52.5 Å².